The van der Waals surface area contributed by atoms with Gasteiger partial charge in [-0.05, 0) is 43.3 Å². The van der Waals surface area contributed by atoms with Crippen LogP contribution in [-0.2, 0) is 4.79 Å². The van der Waals surface area contributed by atoms with Gasteiger partial charge in [0.15, 0.2) is 0 Å². The molecule has 0 bridgehead atoms. The Morgan fingerprint density at radius 3 is 2.34 bits per heavy atom. The Morgan fingerprint density at radius 2 is 1.76 bits per heavy atom. The number of hydrogen-bond acceptors (Lipinski definition) is 7. The number of rotatable bonds is 8. The first kappa shape index (κ1) is 20.7. The minimum atomic E-state index is -0.348. The third-order valence-electron chi connectivity index (χ3n) is 4.08. The zero-order valence-corrected chi connectivity index (χ0v) is 17.0. The van der Waals surface area contributed by atoms with Gasteiger partial charge in [-0.15, -0.1) is 10.2 Å². The van der Waals surface area contributed by atoms with Gasteiger partial charge in [-0.1, -0.05) is 11.8 Å². The first-order valence-electron chi connectivity index (χ1n) is 8.79. The second-order valence-electron chi connectivity index (χ2n) is 5.88. The first-order chi connectivity index (χ1) is 14.0. The molecule has 9 heteroatoms. The summed E-state index contributed by atoms with van der Waals surface area (Å²) in [5, 5.41) is 8.29. The van der Waals surface area contributed by atoms with Crippen LogP contribution in [0.15, 0.2) is 52.1 Å². The van der Waals surface area contributed by atoms with Crippen molar-refractivity contribution in [1.82, 2.24) is 10.2 Å². The number of carbonyl (C=O) groups excluding carboxylic acids is 1. The minimum Gasteiger partial charge on any atom is -0.497 e. The smallest absolute Gasteiger partial charge is 0.277 e. The molecule has 0 atom stereocenters. The van der Waals surface area contributed by atoms with Crippen LogP contribution in [0.25, 0.3) is 11.5 Å². The van der Waals surface area contributed by atoms with Gasteiger partial charge in [-0.3, -0.25) is 4.79 Å². The number of nitrogens with zero attached hydrogens (tertiary/aromatic N) is 3. The van der Waals surface area contributed by atoms with Crippen molar-refractivity contribution in [3.63, 3.8) is 0 Å². The SMILES string of the molecule is CCN(C(=O)CSc1nnc(-c2cc(OC)cc(OC)c2)o1)c1ccc(F)cc1. The zero-order chi connectivity index (χ0) is 20.8. The summed E-state index contributed by atoms with van der Waals surface area (Å²) in [6, 6.07) is 11.0. The molecule has 3 aromatic rings. The van der Waals surface area contributed by atoms with Gasteiger partial charge >= 0.3 is 0 Å². The van der Waals surface area contributed by atoms with E-state index in [4.69, 9.17) is 13.9 Å². The lowest BCUT2D eigenvalue weighted by atomic mass is 10.2. The number of benzene rings is 2. The summed E-state index contributed by atoms with van der Waals surface area (Å²) >= 11 is 1.14. The van der Waals surface area contributed by atoms with Crippen LogP contribution in [0, 0.1) is 5.82 Å². The summed E-state index contributed by atoms with van der Waals surface area (Å²) < 4.78 is 29.3. The number of hydrogen-bond donors (Lipinski definition) is 0. The van der Waals surface area contributed by atoms with E-state index in [2.05, 4.69) is 10.2 Å². The first-order valence-corrected chi connectivity index (χ1v) is 9.78. The summed E-state index contributed by atoms with van der Waals surface area (Å²) in [4.78, 5) is 14.1. The molecule has 0 radical (unpaired) electrons. The average Bonchev–Trinajstić information content (AvgIpc) is 3.23. The van der Waals surface area contributed by atoms with Crippen LogP contribution >= 0.6 is 11.8 Å². The summed E-state index contributed by atoms with van der Waals surface area (Å²) in [6.07, 6.45) is 0. The van der Waals surface area contributed by atoms with Crippen molar-refractivity contribution < 1.29 is 23.1 Å². The summed E-state index contributed by atoms with van der Waals surface area (Å²) in [5.41, 5.74) is 1.28. The maximum Gasteiger partial charge on any atom is 0.277 e. The van der Waals surface area contributed by atoms with Crippen molar-refractivity contribution >= 4 is 23.4 Å². The van der Waals surface area contributed by atoms with Crippen LogP contribution in [0.5, 0.6) is 11.5 Å². The second-order valence-corrected chi connectivity index (χ2v) is 6.80. The van der Waals surface area contributed by atoms with Gasteiger partial charge in [0.1, 0.15) is 17.3 Å². The Kier molecular flexibility index (Phi) is 6.71. The molecule has 0 aliphatic rings. The summed E-state index contributed by atoms with van der Waals surface area (Å²) in [7, 11) is 3.11. The number of aromatic nitrogens is 2. The van der Waals surface area contributed by atoms with Gasteiger partial charge in [-0.25, -0.2) is 4.39 Å². The van der Waals surface area contributed by atoms with Crippen molar-refractivity contribution in [2.45, 2.75) is 12.1 Å². The average molecular weight is 417 g/mol. The third-order valence-corrected chi connectivity index (χ3v) is 4.88. The standard InChI is InChI=1S/C20H20FN3O4S/c1-4-24(15-7-5-14(21)6-8-15)18(25)12-29-20-23-22-19(28-20)13-9-16(26-2)11-17(10-13)27-3/h5-11H,4,12H2,1-3H3. The molecule has 0 saturated carbocycles. The van der Waals surface area contributed by atoms with Crippen molar-refractivity contribution in [3.8, 4) is 23.0 Å². The van der Waals surface area contributed by atoms with Gasteiger partial charge < -0.3 is 18.8 Å². The van der Waals surface area contributed by atoms with E-state index in [1.54, 1.807) is 49.5 Å². The number of amides is 1. The van der Waals surface area contributed by atoms with Crippen LogP contribution < -0.4 is 14.4 Å². The van der Waals surface area contributed by atoms with E-state index in [0.717, 1.165) is 11.8 Å². The highest BCUT2D eigenvalue weighted by Crippen LogP contribution is 2.30. The Labute approximate surface area is 171 Å². The lowest BCUT2D eigenvalue weighted by molar-refractivity contribution is -0.116. The molecule has 3 rings (SSSR count). The summed E-state index contributed by atoms with van der Waals surface area (Å²) in [6.45, 7) is 2.32. The molecule has 1 amide bonds. The van der Waals surface area contributed by atoms with Crippen LogP contribution in [0.1, 0.15) is 6.92 Å². The van der Waals surface area contributed by atoms with Crippen LogP contribution in [-0.4, -0.2) is 42.6 Å². The van der Waals surface area contributed by atoms with Crippen LogP contribution in [0.4, 0.5) is 10.1 Å². The molecule has 2 aromatic carbocycles. The Bertz CT molecular complexity index is 956. The van der Waals surface area contributed by atoms with Gasteiger partial charge in [0.2, 0.25) is 11.8 Å². The monoisotopic (exact) mass is 417 g/mol. The van der Waals surface area contributed by atoms with E-state index in [1.165, 1.54) is 12.1 Å². The fourth-order valence-electron chi connectivity index (χ4n) is 2.64. The fraction of sp³-hybridized carbons (Fsp3) is 0.250. The van der Waals surface area contributed by atoms with E-state index in [1.807, 2.05) is 6.92 Å². The number of methoxy groups -OCH3 is 2. The zero-order valence-electron chi connectivity index (χ0n) is 16.2. The van der Waals surface area contributed by atoms with Gasteiger partial charge in [0.25, 0.3) is 5.22 Å². The molecule has 0 aliphatic carbocycles. The Hall–Kier alpha value is -3.07. The number of thioether (sulfide) groups is 1. The quantitative estimate of drug-likeness (QED) is 0.512. The maximum atomic E-state index is 13.1. The minimum absolute atomic E-state index is 0.105. The molecule has 0 fully saturated rings. The van der Waals surface area contributed by atoms with E-state index in [0.29, 0.717) is 35.2 Å². The molecule has 1 heterocycles. The Balaban J connectivity index is 1.68. The normalized spacial score (nSPS) is 10.6. The number of ether oxygens (including phenoxy) is 2. The largest absolute Gasteiger partial charge is 0.497 e. The molecule has 0 saturated heterocycles. The molecular formula is C20H20FN3O4S. The molecule has 7 nitrogen and oxygen atoms in total. The predicted octanol–water partition coefficient (Wildman–Crippen LogP) is 4.04. The second kappa shape index (κ2) is 9.42. The number of carbonyl (C=O) groups is 1. The Morgan fingerprint density at radius 1 is 1.10 bits per heavy atom. The van der Waals surface area contributed by atoms with E-state index in [-0.39, 0.29) is 22.7 Å². The van der Waals surface area contributed by atoms with E-state index in [9.17, 15) is 9.18 Å². The number of anilines is 1. The lowest BCUT2D eigenvalue weighted by Crippen LogP contribution is -2.32. The fourth-order valence-corrected chi connectivity index (χ4v) is 3.28. The highest BCUT2D eigenvalue weighted by Gasteiger charge is 2.17. The molecule has 152 valence electrons. The summed E-state index contributed by atoms with van der Waals surface area (Å²) in [5.74, 6) is 1.10. The number of halogens is 1. The molecule has 0 spiro atoms. The predicted molar refractivity (Wildman–Crippen MR) is 108 cm³/mol. The van der Waals surface area contributed by atoms with Crippen molar-refractivity contribution in [3.05, 3.63) is 48.3 Å². The molecular weight excluding hydrogens is 397 g/mol. The maximum absolute atomic E-state index is 13.1. The van der Waals surface area contributed by atoms with Gasteiger partial charge in [0, 0.05) is 23.9 Å². The molecule has 0 N–H and O–H groups in total. The lowest BCUT2D eigenvalue weighted by Gasteiger charge is -2.20. The molecule has 0 unspecified atom stereocenters. The highest BCUT2D eigenvalue weighted by atomic mass is 32.2. The van der Waals surface area contributed by atoms with E-state index < -0.39 is 0 Å². The van der Waals surface area contributed by atoms with Crippen LogP contribution in [0.2, 0.25) is 0 Å². The van der Waals surface area contributed by atoms with Crippen molar-refractivity contribution in [1.29, 1.82) is 0 Å². The van der Waals surface area contributed by atoms with Crippen molar-refractivity contribution in [2.75, 3.05) is 31.4 Å². The van der Waals surface area contributed by atoms with Gasteiger partial charge in [-0.2, -0.15) is 0 Å². The highest BCUT2D eigenvalue weighted by molar-refractivity contribution is 7.99. The van der Waals surface area contributed by atoms with E-state index >= 15 is 0 Å². The topological polar surface area (TPSA) is 77.7 Å². The molecule has 0 aliphatic heterocycles. The van der Waals surface area contributed by atoms with Gasteiger partial charge in [0.05, 0.1) is 20.0 Å². The van der Waals surface area contributed by atoms with Crippen LogP contribution in [0.3, 0.4) is 0 Å². The molecule has 1 aromatic heterocycles. The molecule has 29 heavy (non-hydrogen) atoms. The third kappa shape index (κ3) is 5.05. The van der Waals surface area contributed by atoms with Crippen molar-refractivity contribution in [2.24, 2.45) is 0 Å².